The molecule has 2 amide bonds. The third-order valence-corrected chi connectivity index (χ3v) is 5.84. The van der Waals surface area contributed by atoms with Crippen LogP contribution in [0.5, 0.6) is 5.75 Å². The predicted molar refractivity (Wildman–Crippen MR) is 136 cm³/mol. The highest BCUT2D eigenvalue weighted by Gasteiger charge is 2.22. The molecule has 0 saturated carbocycles. The average Bonchev–Trinajstić information content (AvgIpc) is 3.42. The number of methoxy groups -OCH3 is 1. The summed E-state index contributed by atoms with van der Waals surface area (Å²) < 4.78 is 12.2. The van der Waals surface area contributed by atoms with Crippen molar-refractivity contribution in [2.45, 2.75) is 19.6 Å². The minimum atomic E-state index is -0.825. The van der Waals surface area contributed by atoms with E-state index in [4.69, 9.17) is 25.6 Å². The SMILES string of the molecule is COc1ccc(N(OC)C(=O)Cn2c(=O)n(CC(=O)NCc3ccco3)c(=O)c3ccccc32)cc1Cl. The summed E-state index contributed by atoms with van der Waals surface area (Å²) in [6.07, 6.45) is 1.47. The molecule has 0 unspecified atom stereocenters. The summed E-state index contributed by atoms with van der Waals surface area (Å²) in [7, 11) is 2.76. The smallest absolute Gasteiger partial charge is 0.332 e. The summed E-state index contributed by atoms with van der Waals surface area (Å²) in [6, 6.07) is 14.3. The highest BCUT2D eigenvalue weighted by molar-refractivity contribution is 6.32. The van der Waals surface area contributed by atoms with Gasteiger partial charge in [0.2, 0.25) is 5.91 Å². The van der Waals surface area contributed by atoms with Gasteiger partial charge in [0.1, 0.15) is 24.6 Å². The molecule has 4 aromatic rings. The summed E-state index contributed by atoms with van der Waals surface area (Å²) in [4.78, 5) is 57.5. The average molecular weight is 527 g/mol. The number of nitrogens with zero attached hydrogens (tertiary/aromatic N) is 3. The normalized spacial score (nSPS) is 10.9. The Labute approximate surface area is 215 Å². The number of hydroxylamine groups is 1. The molecule has 0 atom stereocenters. The Bertz CT molecular complexity index is 1560. The summed E-state index contributed by atoms with van der Waals surface area (Å²) in [5, 5.41) is 4.00. The molecule has 2 heterocycles. The van der Waals surface area contributed by atoms with Gasteiger partial charge in [-0.3, -0.25) is 28.4 Å². The highest BCUT2D eigenvalue weighted by atomic mass is 35.5. The molecule has 0 fully saturated rings. The van der Waals surface area contributed by atoms with Crippen molar-refractivity contribution in [3.63, 3.8) is 0 Å². The summed E-state index contributed by atoms with van der Waals surface area (Å²) in [6.45, 7) is -0.932. The molecular weight excluding hydrogens is 504 g/mol. The second-order valence-corrected chi connectivity index (χ2v) is 8.23. The molecule has 12 heteroatoms. The molecule has 0 bridgehead atoms. The summed E-state index contributed by atoms with van der Waals surface area (Å²) in [5.41, 5.74) is -0.930. The Morgan fingerprint density at radius 3 is 2.49 bits per heavy atom. The first-order chi connectivity index (χ1) is 17.8. The van der Waals surface area contributed by atoms with E-state index < -0.39 is 36.2 Å². The molecule has 11 nitrogen and oxygen atoms in total. The third-order valence-electron chi connectivity index (χ3n) is 5.55. The van der Waals surface area contributed by atoms with Crippen molar-refractivity contribution >= 4 is 40.0 Å². The van der Waals surface area contributed by atoms with Gasteiger partial charge in [0.25, 0.3) is 11.5 Å². The molecule has 0 spiro atoms. The molecule has 37 heavy (non-hydrogen) atoms. The van der Waals surface area contributed by atoms with E-state index in [-0.39, 0.29) is 22.5 Å². The van der Waals surface area contributed by atoms with Gasteiger partial charge in [0.05, 0.1) is 48.6 Å². The van der Waals surface area contributed by atoms with Crippen LogP contribution in [0.2, 0.25) is 5.02 Å². The van der Waals surface area contributed by atoms with E-state index in [2.05, 4.69) is 5.32 Å². The number of furan rings is 1. The lowest BCUT2D eigenvalue weighted by atomic mass is 10.2. The fraction of sp³-hybridized carbons (Fsp3) is 0.200. The van der Waals surface area contributed by atoms with Crippen LogP contribution in [0.1, 0.15) is 5.76 Å². The maximum absolute atomic E-state index is 13.4. The van der Waals surface area contributed by atoms with Crippen LogP contribution < -0.4 is 26.4 Å². The number of aromatic nitrogens is 2. The van der Waals surface area contributed by atoms with Crippen molar-refractivity contribution in [3.05, 3.63) is 92.5 Å². The Morgan fingerprint density at radius 1 is 1.03 bits per heavy atom. The van der Waals surface area contributed by atoms with Crippen molar-refractivity contribution in [1.29, 1.82) is 0 Å². The van der Waals surface area contributed by atoms with E-state index >= 15 is 0 Å². The van der Waals surface area contributed by atoms with E-state index in [9.17, 15) is 19.2 Å². The van der Waals surface area contributed by atoms with Crippen LogP contribution in [0.4, 0.5) is 5.69 Å². The number of carbonyl (C=O) groups is 2. The Morgan fingerprint density at radius 2 is 1.81 bits per heavy atom. The second kappa shape index (κ2) is 11.1. The zero-order valence-electron chi connectivity index (χ0n) is 20.0. The predicted octanol–water partition coefficient (Wildman–Crippen LogP) is 2.33. The maximum Gasteiger partial charge on any atom is 0.332 e. The van der Waals surface area contributed by atoms with Gasteiger partial charge < -0.3 is 14.5 Å². The van der Waals surface area contributed by atoms with Crippen molar-refractivity contribution in [1.82, 2.24) is 14.5 Å². The number of hydrogen-bond acceptors (Lipinski definition) is 7. The molecule has 2 aromatic carbocycles. The maximum atomic E-state index is 13.4. The third kappa shape index (κ3) is 5.42. The number of halogens is 1. The van der Waals surface area contributed by atoms with Crippen LogP contribution in [-0.4, -0.2) is 35.2 Å². The lowest BCUT2D eigenvalue weighted by molar-refractivity contribution is -0.125. The van der Waals surface area contributed by atoms with Gasteiger partial charge in [-0.2, -0.15) is 5.06 Å². The van der Waals surface area contributed by atoms with E-state index in [1.807, 2.05) is 0 Å². The number of anilines is 1. The van der Waals surface area contributed by atoms with Crippen LogP contribution in [0.3, 0.4) is 0 Å². The topological polar surface area (TPSA) is 125 Å². The van der Waals surface area contributed by atoms with E-state index in [1.54, 1.807) is 42.5 Å². The molecule has 2 aromatic heterocycles. The number of nitrogens with one attached hydrogen (secondary N) is 1. The number of benzene rings is 2. The van der Waals surface area contributed by atoms with E-state index in [0.29, 0.717) is 17.2 Å². The van der Waals surface area contributed by atoms with Gasteiger partial charge >= 0.3 is 5.69 Å². The first kappa shape index (κ1) is 25.7. The number of hydrogen-bond donors (Lipinski definition) is 1. The Kier molecular flexibility index (Phi) is 7.75. The largest absolute Gasteiger partial charge is 0.495 e. The van der Waals surface area contributed by atoms with Crippen LogP contribution in [-0.2, 0) is 34.1 Å². The van der Waals surface area contributed by atoms with Crippen LogP contribution >= 0.6 is 11.6 Å². The Balaban J connectivity index is 1.67. The number of rotatable bonds is 9. The number of carbonyl (C=O) groups excluding carboxylic acids is 2. The standard InChI is InChI=1S/C25H23ClN4O7/c1-35-21-10-9-16(12-19(21)26)30(36-2)23(32)15-28-20-8-4-3-7-18(20)24(33)29(25(28)34)14-22(31)27-13-17-6-5-11-37-17/h3-12H,13-15H2,1-2H3,(H,27,31). The lowest BCUT2D eigenvalue weighted by Crippen LogP contribution is -2.45. The molecule has 1 N–H and O–H groups in total. The number of fused-ring (bicyclic) bond motifs is 1. The molecular formula is C25H23ClN4O7. The number of ether oxygens (including phenoxy) is 1. The number of para-hydroxylation sites is 1. The molecule has 0 aliphatic rings. The van der Waals surface area contributed by atoms with Crippen molar-refractivity contribution in [3.8, 4) is 5.75 Å². The molecule has 192 valence electrons. The zero-order valence-corrected chi connectivity index (χ0v) is 20.7. The van der Waals surface area contributed by atoms with Gasteiger partial charge in [0, 0.05) is 0 Å². The highest BCUT2D eigenvalue weighted by Crippen LogP contribution is 2.29. The van der Waals surface area contributed by atoms with Crippen LogP contribution in [0.15, 0.2) is 74.9 Å². The molecule has 0 aliphatic heterocycles. The van der Waals surface area contributed by atoms with E-state index in [0.717, 1.165) is 14.2 Å². The van der Waals surface area contributed by atoms with Gasteiger partial charge in [-0.15, -0.1) is 0 Å². The van der Waals surface area contributed by atoms with Crippen LogP contribution in [0, 0.1) is 0 Å². The van der Waals surface area contributed by atoms with Crippen molar-refractivity contribution in [2.75, 3.05) is 19.3 Å². The van der Waals surface area contributed by atoms with Gasteiger partial charge in [-0.05, 0) is 42.5 Å². The van der Waals surface area contributed by atoms with Gasteiger partial charge in [0.15, 0.2) is 0 Å². The lowest BCUT2D eigenvalue weighted by Gasteiger charge is -2.22. The summed E-state index contributed by atoms with van der Waals surface area (Å²) >= 11 is 6.19. The van der Waals surface area contributed by atoms with Gasteiger partial charge in [-0.25, -0.2) is 4.79 Å². The minimum absolute atomic E-state index is 0.0913. The summed E-state index contributed by atoms with van der Waals surface area (Å²) in [5.74, 6) is -0.271. The fourth-order valence-electron chi connectivity index (χ4n) is 3.79. The van der Waals surface area contributed by atoms with Crippen molar-refractivity contribution in [2.24, 2.45) is 0 Å². The molecule has 0 aliphatic carbocycles. The second-order valence-electron chi connectivity index (χ2n) is 7.82. The first-order valence-electron chi connectivity index (χ1n) is 11.1. The van der Waals surface area contributed by atoms with Gasteiger partial charge in [-0.1, -0.05) is 23.7 Å². The molecule has 4 rings (SSSR count). The zero-order chi connectivity index (χ0) is 26.5. The quantitative estimate of drug-likeness (QED) is 0.332. The first-order valence-corrected chi connectivity index (χ1v) is 11.4. The van der Waals surface area contributed by atoms with Crippen molar-refractivity contribution < 1.29 is 23.6 Å². The monoisotopic (exact) mass is 526 g/mol. The number of amides is 2. The minimum Gasteiger partial charge on any atom is -0.495 e. The Hall–Kier alpha value is -4.35. The molecule has 0 radical (unpaired) electrons. The van der Waals surface area contributed by atoms with E-state index in [1.165, 1.54) is 32.6 Å². The molecule has 0 saturated heterocycles. The fourth-order valence-corrected chi connectivity index (χ4v) is 4.05. The van der Waals surface area contributed by atoms with Crippen LogP contribution in [0.25, 0.3) is 10.9 Å².